The van der Waals surface area contributed by atoms with Crippen LogP contribution in [-0.4, -0.2) is 28.7 Å². The highest BCUT2D eigenvalue weighted by Crippen LogP contribution is 2.74. The lowest BCUT2D eigenvalue weighted by Crippen LogP contribution is -2.45. The number of hydrogen-bond acceptors (Lipinski definition) is 4. The predicted molar refractivity (Wildman–Crippen MR) is 179 cm³/mol. The Morgan fingerprint density at radius 2 is 1.00 bits per heavy atom. The Kier molecular flexibility index (Phi) is 6.43. The topological polar surface area (TPSA) is 91.8 Å². The van der Waals surface area contributed by atoms with Gasteiger partial charge in [0.2, 0.25) is 11.8 Å². The molecule has 1 aliphatic heterocycles. The van der Waals surface area contributed by atoms with E-state index in [1.165, 1.54) is 18.2 Å². The molecule has 8 rings (SSSR count). The molecule has 0 spiro atoms. The summed E-state index contributed by atoms with van der Waals surface area (Å²) in [6.07, 6.45) is 0. The van der Waals surface area contributed by atoms with E-state index >= 15 is 14.4 Å². The lowest BCUT2D eigenvalue weighted by atomic mass is 9.59. The number of hydrogen-bond donors (Lipinski definition) is 1. The Morgan fingerprint density at radius 3 is 1.40 bits per heavy atom. The van der Waals surface area contributed by atoms with Gasteiger partial charge in [-0.15, -0.1) is 0 Å². The zero-order valence-corrected chi connectivity index (χ0v) is 25.6. The number of carboxylic acid groups (broad SMARTS) is 1. The SMILES string of the molecule is O=C(O)c1cc(N2C(=O)[C@@H]3[C@@H](C2=O)[C@@]2(c4ccccc4)C(=O)[C@@]3(c3ccccc3)C(c3ccccc3)=C2c2ccccc2)ccc1Cl. The number of carbonyl (C=O) groups is 4. The number of fused-ring (bicyclic) bond motifs is 5. The molecular weight excluding hydrogens is 610 g/mol. The minimum atomic E-state index is -1.54. The number of carbonyl (C=O) groups excluding carboxylic acids is 3. The number of anilines is 1. The molecule has 0 radical (unpaired) electrons. The monoisotopic (exact) mass is 635 g/mol. The van der Waals surface area contributed by atoms with Gasteiger partial charge in [-0.3, -0.25) is 14.4 Å². The lowest BCUT2D eigenvalue weighted by molar-refractivity contribution is -0.130. The Hall–Kier alpha value is -5.59. The minimum absolute atomic E-state index is 0.0170. The fourth-order valence-corrected chi connectivity index (χ4v) is 8.60. The van der Waals surface area contributed by atoms with Crippen molar-refractivity contribution in [2.75, 3.05) is 4.90 Å². The minimum Gasteiger partial charge on any atom is -0.478 e. The summed E-state index contributed by atoms with van der Waals surface area (Å²) >= 11 is 6.20. The maximum atomic E-state index is 15.9. The van der Waals surface area contributed by atoms with E-state index in [0.29, 0.717) is 22.3 Å². The molecule has 5 aromatic carbocycles. The Balaban J connectivity index is 1.53. The summed E-state index contributed by atoms with van der Waals surface area (Å²) in [7, 11) is 0. The second kappa shape index (κ2) is 10.5. The molecule has 6 nitrogen and oxygen atoms in total. The number of aromatic carboxylic acids is 1. The van der Waals surface area contributed by atoms with E-state index in [2.05, 4.69) is 0 Å². The summed E-state index contributed by atoms with van der Waals surface area (Å²) in [5.74, 6) is -4.86. The predicted octanol–water partition coefficient (Wildman–Crippen LogP) is 7.23. The molecule has 4 atom stereocenters. The number of nitrogens with zero attached hydrogens (tertiary/aromatic N) is 1. The van der Waals surface area contributed by atoms with Crippen LogP contribution in [0.25, 0.3) is 11.1 Å². The molecule has 2 aliphatic carbocycles. The molecule has 1 heterocycles. The van der Waals surface area contributed by atoms with E-state index in [0.717, 1.165) is 16.0 Å². The molecular formula is C40H26ClNO5. The van der Waals surface area contributed by atoms with Crippen molar-refractivity contribution >= 4 is 52.0 Å². The van der Waals surface area contributed by atoms with E-state index in [1.54, 1.807) is 0 Å². The number of allylic oxidation sites excluding steroid dienone is 2. The number of amides is 2. The third-order valence-corrected chi connectivity index (χ3v) is 10.3. The third kappa shape index (κ3) is 3.67. The van der Waals surface area contributed by atoms with Crippen LogP contribution >= 0.6 is 11.6 Å². The van der Waals surface area contributed by atoms with Gasteiger partial charge >= 0.3 is 5.97 Å². The highest BCUT2D eigenvalue weighted by Gasteiger charge is 2.82. The first-order valence-electron chi connectivity index (χ1n) is 15.3. The van der Waals surface area contributed by atoms with Gasteiger partial charge in [0.05, 0.1) is 38.9 Å². The Bertz CT molecular complexity index is 2030. The van der Waals surface area contributed by atoms with Crippen molar-refractivity contribution in [1.82, 2.24) is 0 Å². The summed E-state index contributed by atoms with van der Waals surface area (Å²) < 4.78 is 0. The Morgan fingerprint density at radius 1 is 0.596 bits per heavy atom. The summed E-state index contributed by atoms with van der Waals surface area (Å²) in [6.45, 7) is 0. The lowest BCUT2D eigenvalue weighted by Gasteiger charge is -2.39. The standard InChI is InChI=1S/C40H26ClNO5/c41-30-22-21-28(23-29(30)37(45)46)42-35(43)33-34(36(42)44)40(27-19-11-4-12-20-27)32(25-15-7-2-8-16-25)31(24-13-5-1-6-14-24)39(33,38(40)47)26-17-9-3-10-18-26/h1-23,33-34H,(H,45,46)/t33-,34-,39-,40-/m0/s1. The zero-order valence-electron chi connectivity index (χ0n) is 24.8. The Labute approximate surface area is 275 Å². The van der Waals surface area contributed by atoms with Crippen molar-refractivity contribution in [1.29, 1.82) is 0 Å². The van der Waals surface area contributed by atoms with Crippen LogP contribution in [0.4, 0.5) is 5.69 Å². The van der Waals surface area contributed by atoms with Crippen LogP contribution in [0, 0.1) is 11.8 Å². The number of carboxylic acids is 1. The van der Waals surface area contributed by atoms with Crippen molar-refractivity contribution in [2.45, 2.75) is 10.8 Å². The van der Waals surface area contributed by atoms with Gasteiger partial charge < -0.3 is 5.11 Å². The molecule has 2 bridgehead atoms. The molecule has 47 heavy (non-hydrogen) atoms. The molecule has 0 unspecified atom stereocenters. The fraction of sp³-hybridized carbons (Fsp3) is 0.100. The average molecular weight is 636 g/mol. The van der Waals surface area contributed by atoms with Crippen LogP contribution in [0.3, 0.4) is 0 Å². The van der Waals surface area contributed by atoms with Crippen molar-refractivity contribution in [3.05, 3.63) is 172 Å². The van der Waals surface area contributed by atoms with Crippen LogP contribution < -0.4 is 4.90 Å². The first kappa shape index (κ1) is 28.9. The highest BCUT2D eigenvalue weighted by atomic mass is 35.5. The van der Waals surface area contributed by atoms with Crippen LogP contribution in [0.5, 0.6) is 0 Å². The van der Waals surface area contributed by atoms with Crippen LogP contribution in [0.15, 0.2) is 140 Å². The number of halogens is 1. The van der Waals surface area contributed by atoms with Crippen LogP contribution in [0.2, 0.25) is 5.02 Å². The van der Waals surface area contributed by atoms with Gasteiger partial charge in [0, 0.05) is 0 Å². The number of Topliss-reactive ketones (excluding diaryl/α,β-unsaturated/α-hetero) is 1. The van der Waals surface area contributed by atoms with E-state index in [-0.39, 0.29) is 22.1 Å². The van der Waals surface area contributed by atoms with Crippen molar-refractivity contribution in [3.63, 3.8) is 0 Å². The largest absolute Gasteiger partial charge is 0.478 e. The van der Waals surface area contributed by atoms with Crippen molar-refractivity contribution < 1.29 is 24.3 Å². The van der Waals surface area contributed by atoms with Gasteiger partial charge in [-0.2, -0.15) is 0 Å². The number of benzene rings is 5. The number of rotatable bonds is 6. The number of ketones is 1. The molecule has 2 amide bonds. The summed E-state index contributed by atoms with van der Waals surface area (Å²) in [4.78, 5) is 59.0. The molecule has 5 aromatic rings. The molecule has 1 saturated heterocycles. The van der Waals surface area contributed by atoms with E-state index < -0.39 is 40.4 Å². The molecule has 228 valence electrons. The number of imide groups is 1. The zero-order chi connectivity index (χ0) is 32.5. The summed E-state index contributed by atoms with van der Waals surface area (Å²) in [6, 6.07) is 41.8. The molecule has 3 aliphatic rings. The molecule has 1 N–H and O–H groups in total. The maximum absolute atomic E-state index is 15.9. The van der Waals surface area contributed by atoms with Gasteiger partial charge in [0.15, 0.2) is 5.78 Å². The van der Waals surface area contributed by atoms with E-state index in [1.807, 2.05) is 121 Å². The van der Waals surface area contributed by atoms with E-state index in [9.17, 15) is 9.90 Å². The quantitative estimate of drug-likeness (QED) is 0.199. The second-order valence-corrected chi connectivity index (χ2v) is 12.5. The second-order valence-electron chi connectivity index (χ2n) is 12.1. The normalized spacial score (nSPS) is 24.6. The van der Waals surface area contributed by atoms with Gasteiger partial charge in [0.1, 0.15) is 0 Å². The fourth-order valence-electron chi connectivity index (χ4n) is 8.40. The van der Waals surface area contributed by atoms with E-state index in [4.69, 9.17) is 11.6 Å². The highest BCUT2D eigenvalue weighted by molar-refractivity contribution is 6.39. The van der Waals surface area contributed by atoms with Gasteiger partial charge in [-0.1, -0.05) is 133 Å². The maximum Gasteiger partial charge on any atom is 0.337 e. The van der Waals surface area contributed by atoms with Crippen LogP contribution in [-0.2, 0) is 25.2 Å². The first-order chi connectivity index (χ1) is 22.8. The van der Waals surface area contributed by atoms with Crippen molar-refractivity contribution in [3.8, 4) is 0 Å². The molecule has 2 fully saturated rings. The molecule has 0 aromatic heterocycles. The average Bonchev–Trinajstić information content (AvgIpc) is 3.62. The molecule has 7 heteroatoms. The van der Waals surface area contributed by atoms with Gasteiger partial charge in [0.25, 0.3) is 0 Å². The van der Waals surface area contributed by atoms with Crippen molar-refractivity contribution in [2.24, 2.45) is 11.8 Å². The first-order valence-corrected chi connectivity index (χ1v) is 15.6. The van der Waals surface area contributed by atoms with Gasteiger partial charge in [-0.25, -0.2) is 9.69 Å². The molecule has 1 saturated carbocycles. The smallest absolute Gasteiger partial charge is 0.337 e. The summed E-state index contributed by atoms with van der Waals surface area (Å²) in [5.41, 5.74) is 0.945. The summed E-state index contributed by atoms with van der Waals surface area (Å²) in [5, 5.41) is 9.81. The van der Waals surface area contributed by atoms with Crippen LogP contribution in [0.1, 0.15) is 32.6 Å². The van der Waals surface area contributed by atoms with Gasteiger partial charge in [-0.05, 0) is 51.6 Å². The third-order valence-electron chi connectivity index (χ3n) is 10.0.